The predicted octanol–water partition coefficient (Wildman–Crippen LogP) is 3.33. The number of amides is 1. The Balaban J connectivity index is 1.93. The number of hydrogen-bond donors (Lipinski definition) is 2. The van der Waals surface area contributed by atoms with Gasteiger partial charge in [0.05, 0.1) is 12.8 Å². The zero-order valence-electron chi connectivity index (χ0n) is 14.6. The Kier molecular flexibility index (Phi) is 6.04. The van der Waals surface area contributed by atoms with Gasteiger partial charge in [-0.2, -0.15) is 0 Å². The van der Waals surface area contributed by atoms with E-state index in [-0.39, 0.29) is 12.5 Å². The summed E-state index contributed by atoms with van der Waals surface area (Å²) in [5, 5.41) is 12.6. The Morgan fingerprint density at radius 2 is 2.04 bits per heavy atom. The molecule has 0 fully saturated rings. The molecule has 0 bridgehead atoms. The van der Waals surface area contributed by atoms with Gasteiger partial charge in [-0.3, -0.25) is 4.79 Å². The minimum Gasteiger partial charge on any atom is -0.481 e. The van der Waals surface area contributed by atoms with E-state index in [4.69, 9.17) is 9.15 Å². The minimum atomic E-state index is -0.873. The van der Waals surface area contributed by atoms with E-state index >= 15 is 0 Å². The largest absolute Gasteiger partial charge is 0.481 e. The quantitative estimate of drug-likeness (QED) is 0.816. The van der Waals surface area contributed by atoms with Gasteiger partial charge in [0, 0.05) is 0 Å². The number of furan rings is 1. The van der Waals surface area contributed by atoms with Crippen molar-refractivity contribution in [3.63, 3.8) is 0 Å². The molecule has 130 valence electrons. The zero-order chi connectivity index (χ0) is 17.7. The highest BCUT2D eigenvalue weighted by atomic mass is 16.5. The van der Waals surface area contributed by atoms with Gasteiger partial charge in [0.2, 0.25) is 0 Å². The molecule has 0 saturated heterocycles. The highest BCUT2D eigenvalue weighted by molar-refractivity contribution is 5.80. The third kappa shape index (κ3) is 4.61. The summed E-state index contributed by atoms with van der Waals surface area (Å²) in [6.45, 7) is 7.94. The second-order valence-electron chi connectivity index (χ2n) is 6.22. The van der Waals surface area contributed by atoms with Crippen LogP contribution in [0.25, 0.3) is 0 Å². The van der Waals surface area contributed by atoms with Crippen molar-refractivity contribution in [3.8, 4) is 5.75 Å². The van der Waals surface area contributed by atoms with Crippen LogP contribution in [0.1, 0.15) is 49.7 Å². The molecule has 0 radical (unpaired) electrons. The third-order valence-corrected chi connectivity index (χ3v) is 3.89. The Morgan fingerprint density at radius 3 is 2.67 bits per heavy atom. The first-order valence-corrected chi connectivity index (χ1v) is 8.15. The molecule has 2 N–H and O–H groups in total. The molecule has 1 heterocycles. The van der Waals surface area contributed by atoms with Gasteiger partial charge in [-0.15, -0.1) is 0 Å². The Bertz CT molecular complexity index is 664. The fourth-order valence-corrected chi connectivity index (χ4v) is 2.27. The van der Waals surface area contributed by atoms with Gasteiger partial charge in [0.25, 0.3) is 5.91 Å². The fourth-order valence-electron chi connectivity index (χ4n) is 2.27. The van der Waals surface area contributed by atoms with Crippen LogP contribution in [0.2, 0.25) is 0 Å². The summed E-state index contributed by atoms with van der Waals surface area (Å²) in [6.07, 6.45) is -0.0478. The molecule has 0 aliphatic heterocycles. The van der Waals surface area contributed by atoms with Crippen molar-refractivity contribution in [2.24, 2.45) is 0 Å². The van der Waals surface area contributed by atoms with Gasteiger partial charge in [-0.25, -0.2) is 0 Å². The SMILES string of the molecule is Cc1ccc(C(C)C)cc1OC(C)C(=O)NCC(O)c1ccco1. The number of carbonyl (C=O) groups is 1. The lowest BCUT2D eigenvalue weighted by molar-refractivity contribution is -0.127. The zero-order valence-corrected chi connectivity index (χ0v) is 14.6. The molecule has 0 aliphatic carbocycles. The molecule has 2 rings (SSSR count). The smallest absolute Gasteiger partial charge is 0.260 e. The van der Waals surface area contributed by atoms with E-state index in [9.17, 15) is 9.90 Å². The van der Waals surface area contributed by atoms with Crippen molar-refractivity contribution in [1.29, 1.82) is 0 Å². The van der Waals surface area contributed by atoms with Crippen molar-refractivity contribution in [2.75, 3.05) is 6.54 Å². The molecular weight excluding hydrogens is 306 g/mol. The number of nitrogens with one attached hydrogen (secondary N) is 1. The van der Waals surface area contributed by atoms with E-state index in [0.29, 0.717) is 17.4 Å². The van der Waals surface area contributed by atoms with E-state index in [1.807, 2.05) is 19.1 Å². The molecule has 0 saturated carbocycles. The minimum absolute atomic E-state index is 0.0745. The van der Waals surface area contributed by atoms with Crippen molar-refractivity contribution in [1.82, 2.24) is 5.32 Å². The molecule has 2 unspecified atom stereocenters. The average Bonchev–Trinajstić information content (AvgIpc) is 3.08. The first-order valence-electron chi connectivity index (χ1n) is 8.15. The summed E-state index contributed by atoms with van der Waals surface area (Å²) < 4.78 is 10.9. The number of aliphatic hydroxyl groups is 1. The molecule has 1 aromatic carbocycles. The van der Waals surface area contributed by atoms with E-state index in [0.717, 1.165) is 11.1 Å². The number of ether oxygens (including phenoxy) is 1. The maximum Gasteiger partial charge on any atom is 0.260 e. The molecule has 2 atom stereocenters. The Morgan fingerprint density at radius 1 is 1.29 bits per heavy atom. The Hall–Kier alpha value is -2.27. The summed E-state index contributed by atoms with van der Waals surface area (Å²) in [6, 6.07) is 9.39. The van der Waals surface area contributed by atoms with E-state index in [1.165, 1.54) is 6.26 Å². The summed E-state index contributed by atoms with van der Waals surface area (Å²) in [7, 11) is 0. The summed E-state index contributed by atoms with van der Waals surface area (Å²) in [5.41, 5.74) is 2.14. The molecule has 2 aromatic rings. The molecule has 1 amide bonds. The van der Waals surface area contributed by atoms with Gasteiger partial charge < -0.3 is 19.6 Å². The van der Waals surface area contributed by atoms with Crippen LogP contribution in [0, 0.1) is 6.92 Å². The van der Waals surface area contributed by atoms with Gasteiger partial charge >= 0.3 is 0 Å². The highest BCUT2D eigenvalue weighted by Gasteiger charge is 2.18. The maximum atomic E-state index is 12.2. The van der Waals surface area contributed by atoms with E-state index < -0.39 is 12.2 Å². The fraction of sp³-hybridized carbons (Fsp3) is 0.421. The van der Waals surface area contributed by atoms with Crippen LogP contribution in [-0.4, -0.2) is 23.7 Å². The maximum absolute atomic E-state index is 12.2. The van der Waals surface area contributed by atoms with Crippen LogP contribution < -0.4 is 10.1 Å². The highest BCUT2D eigenvalue weighted by Crippen LogP contribution is 2.25. The van der Waals surface area contributed by atoms with Gasteiger partial charge in [0.15, 0.2) is 6.10 Å². The van der Waals surface area contributed by atoms with Crippen LogP contribution in [-0.2, 0) is 4.79 Å². The summed E-state index contributed by atoms with van der Waals surface area (Å²) >= 11 is 0. The lowest BCUT2D eigenvalue weighted by Gasteiger charge is -2.18. The standard InChI is InChI=1S/C19H25NO4/c1-12(2)15-8-7-13(3)18(10-15)24-14(4)19(22)20-11-16(21)17-6-5-9-23-17/h5-10,12,14,16,21H,11H2,1-4H3,(H,20,22). The van der Waals surface area contributed by atoms with Crippen molar-refractivity contribution < 1.29 is 19.1 Å². The number of rotatable bonds is 7. The van der Waals surface area contributed by atoms with Crippen LogP contribution in [0.5, 0.6) is 5.75 Å². The molecular formula is C19H25NO4. The van der Waals surface area contributed by atoms with Crippen LogP contribution >= 0.6 is 0 Å². The van der Waals surface area contributed by atoms with Crippen LogP contribution in [0.3, 0.4) is 0 Å². The number of hydrogen-bond acceptors (Lipinski definition) is 4. The second-order valence-corrected chi connectivity index (χ2v) is 6.22. The topological polar surface area (TPSA) is 71.7 Å². The second kappa shape index (κ2) is 8.02. The number of benzene rings is 1. The normalized spacial score (nSPS) is 13.6. The molecule has 0 aliphatic rings. The van der Waals surface area contributed by atoms with Gasteiger partial charge in [0.1, 0.15) is 17.6 Å². The molecule has 1 aromatic heterocycles. The first kappa shape index (κ1) is 18.1. The first-order chi connectivity index (χ1) is 11.4. The monoisotopic (exact) mass is 331 g/mol. The van der Waals surface area contributed by atoms with Crippen LogP contribution in [0.4, 0.5) is 0 Å². The van der Waals surface area contributed by atoms with E-state index in [1.54, 1.807) is 19.1 Å². The molecule has 0 spiro atoms. The van der Waals surface area contributed by atoms with Crippen LogP contribution in [0.15, 0.2) is 41.0 Å². The Labute approximate surface area is 142 Å². The van der Waals surface area contributed by atoms with Gasteiger partial charge in [-0.05, 0) is 49.1 Å². The van der Waals surface area contributed by atoms with Crippen molar-refractivity contribution >= 4 is 5.91 Å². The third-order valence-electron chi connectivity index (χ3n) is 3.89. The number of carbonyl (C=O) groups excluding carboxylic acids is 1. The number of aliphatic hydroxyl groups excluding tert-OH is 1. The van der Waals surface area contributed by atoms with E-state index in [2.05, 4.69) is 25.2 Å². The molecule has 5 heteroatoms. The average molecular weight is 331 g/mol. The number of aryl methyl sites for hydroxylation is 1. The van der Waals surface area contributed by atoms with Gasteiger partial charge in [-0.1, -0.05) is 26.0 Å². The lowest BCUT2D eigenvalue weighted by atomic mass is 10.0. The van der Waals surface area contributed by atoms with Crippen molar-refractivity contribution in [3.05, 3.63) is 53.5 Å². The lowest BCUT2D eigenvalue weighted by Crippen LogP contribution is -2.38. The molecule has 5 nitrogen and oxygen atoms in total. The predicted molar refractivity (Wildman–Crippen MR) is 92.0 cm³/mol. The van der Waals surface area contributed by atoms with Crippen molar-refractivity contribution in [2.45, 2.75) is 45.8 Å². The summed E-state index contributed by atoms with van der Waals surface area (Å²) in [4.78, 5) is 12.2. The summed E-state index contributed by atoms with van der Waals surface area (Å²) in [5.74, 6) is 1.23. The molecule has 24 heavy (non-hydrogen) atoms.